The lowest BCUT2D eigenvalue weighted by molar-refractivity contribution is 0.115. The van der Waals surface area contributed by atoms with Crippen LogP contribution in [0.5, 0.6) is 0 Å². The molecule has 0 radical (unpaired) electrons. The zero-order chi connectivity index (χ0) is 28.8. The fourth-order valence-electron chi connectivity index (χ4n) is 4.66. The van der Waals surface area contributed by atoms with E-state index >= 15 is 0 Å². The standard InChI is InChI=1S/C28H28ClF3N8/c1-14-17(5-6-23(30)36-14)26(21-12-40(39-38-21)22-9-18(22)27(31)32)37-16-7-19-24(35-13-28(2,3)4)15(10-33)11-34-25(19)20(29)8-16/h5-8,11-12,18,22,26-27,37H,9,13H2,1-4H3,(H,34,35)/t18-,22-,26?/m1/s1. The number of alkyl halides is 2. The Hall–Kier alpha value is -3.91. The first-order valence-corrected chi connectivity index (χ1v) is 13.2. The average molecular weight is 569 g/mol. The second-order valence-electron chi connectivity index (χ2n) is 11.2. The predicted octanol–water partition coefficient (Wildman–Crippen LogP) is 6.68. The van der Waals surface area contributed by atoms with Crippen molar-refractivity contribution in [3.05, 3.63) is 70.1 Å². The van der Waals surface area contributed by atoms with E-state index in [0.717, 1.165) is 0 Å². The van der Waals surface area contributed by atoms with Gasteiger partial charge in [0.2, 0.25) is 12.4 Å². The van der Waals surface area contributed by atoms with Crippen LogP contribution in [0.25, 0.3) is 10.9 Å². The lowest BCUT2D eigenvalue weighted by Gasteiger charge is -2.23. The normalized spacial score (nSPS) is 17.6. The van der Waals surface area contributed by atoms with E-state index in [0.29, 0.717) is 62.8 Å². The fraction of sp³-hybridized carbons (Fsp3) is 0.393. The second-order valence-corrected chi connectivity index (χ2v) is 11.6. The summed E-state index contributed by atoms with van der Waals surface area (Å²) in [6.45, 7) is 8.52. The molecule has 8 nitrogen and oxygen atoms in total. The third-order valence-corrected chi connectivity index (χ3v) is 7.14. The van der Waals surface area contributed by atoms with Gasteiger partial charge in [-0.05, 0) is 37.0 Å². The highest BCUT2D eigenvalue weighted by molar-refractivity contribution is 6.35. The number of nitriles is 1. The molecule has 1 aromatic carbocycles. The van der Waals surface area contributed by atoms with Crippen LogP contribution in [0.1, 0.15) is 61.8 Å². The van der Waals surface area contributed by atoms with Crippen LogP contribution in [0.2, 0.25) is 5.02 Å². The number of pyridine rings is 2. The number of aromatic nitrogens is 5. The highest BCUT2D eigenvalue weighted by Crippen LogP contribution is 2.47. The Morgan fingerprint density at radius 1 is 1.25 bits per heavy atom. The van der Waals surface area contributed by atoms with E-state index in [-0.39, 0.29) is 5.41 Å². The number of benzene rings is 1. The summed E-state index contributed by atoms with van der Waals surface area (Å²) < 4.78 is 41.7. The number of nitrogens with zero attached hydrogens (tertiary/aromatic N) is 6. The first-order chi connectivity index (χ1) is 18.9. The molecule has 0 bridgehead atoms. The van der Waals surface area contributed by atoms with Crippen molar-refractivity contribution in [1.29, 1.82) is 5.26 Å². The molecule has 1 saturated carbocycles. The fourth-order valence-corrected chi connectivity index (χ4v) is 4.92. The van der Waals surface area contributed by atoms with Gasteiger partial charge in [0.05, 0.1) is 40.1 Å². The maximum atomic E-state index is 13.9. The first-order valence-electron chi connectivity index (χ1n) is 12.8. The van der Waals surface area contributed by atoms with Gasteiger partial charge in [-0.15, -0.1) is 5.10 Å². The van der Waals surface area contributed by atoms with Crippen molar-refractivity contribution < 1.29 is 13.2 Å². The molecule has 5 rings (SSSR count). The van der Waals surface area contributed by atoms with E-state index in [2.05, 4.69) is 57.8 Å². The summed E-state index contributed by atoms with van der Waals surface area (Å²) in [5.41, 5.74) is 3.53. The summed E-state index contributed by atoms with van der Waals surface area (Å²) in [7, 11) is 0. The van der Waals surface area contributed by atoms with Crippen molar-refractivity contribution in [2.75, 3.05) is 17.2 Å². The van der Waals surface area contributed by atoms with Gasteiger partial charge in [-0.2, -0.15) is 9.65 Å². The number of hydrogen-bond donors (Lipinski definition) is 2. The number of hydrogen-bond acceptors (Lipinski definition) is 7. The second kappa shape index (κ2) is 10.6. The van der Waals surface area contributed by atoms with E-state index in [4.69, 9.17) is 11.6 Å². The van der Waals surface area contributed by atoms with Crippen molar-refractivity contribution in [2.24, 2.45) is 11.3 Å². The number of aryl methyl sites for hydroxylation is 1. The highest BCUT2D eigenvalue weighted by Gasteiger charge is 2.46. The van der Waals surface area contributed by atoms with Gasteiger partial charge in [-0.3, -0.25) is 4.98 Å². The van der Waals surface area contributed by atoms with Crippen molar-refractivity contribution in [3.63, 3.8) is 0 Å². The molecule has 1 aliphatic carbocycles. The van der Waals surface area contributed by atoms with Gasteiger partial charge in [0.25, 0.3) is 0 Å². The molecule has 4 aromatic rings. The summed E-state index contributed by atoms with van der Waals surface area (Å²) >= 11 is 6.67. The number of nitrogens with one attached hydrogen (secondary N) is 2. The summed E-state index contributed by atoms with van der Waals surface area (Å²) in [5.74, 6) is -1.38. The molecule has 3 atom stereocenters. The molecule has 0 amide bonds. The first kappa shape index (κ1) is 27.6. The van der Waals surface area contributed by atoms with Crippen LogP contribution in [0.15, 0.2) is 36.7 Å². The molecule has 12 heteroatoms. The summed E-state index contributed by atoms with van der Waals surface area (Å²) in [6, 6.07) is 7.50. The zero-order valence-electron chi connectivity index (χ0n) is 22.4. The van der Waals surface area contributed by atoms with Gasteiger partial charge in [-0.1, -0.05) is 43.7 Å². The van der Waals surface area contributed by atoms with Crippen LogP contribution < -0.4 is 10.6 Å². The van der Waals surface area contributed by atoms with Gasteiger partial charge in [0.15, 0.2) is 0 Å². The monoisotopic (exact) mass is 568 g/mol. The molecule has 208 valence electrons. The minimum atomic E-state index is -2.43. The number of fused-ring (bicyclic) bond motifs is 1. The van der Waals surface area contributed by atoms with E-state index in [1.807, 2.05) is 6.07 Å². The molecule has 1 aliphatic rings. The summed E-state index contributed by atoms with van der Waals surface area (Å²) in [6.07, 6.45) is 1.02. The molecule has 1 fully saturated rings. The minimum Gasteiger partial charge on any atom is -0.383 e. The van der Waals surface area contributed by atoms with Crippen LogP contribution in [-0.2, 0) is 0 Å². The van der Waals surface area contributed by atoms with Crippen LogP contribution in [-0.4, -0.2) is 37.9 Å². The largest absolute Gasteiger partial charge is 0.383 e. The third kappa shape index (κ3) is 5.68. The molecule has 0 aliphatic heterocycles. The van der Waals surface area contributed by atoms with Crippen molar-refractivity contribution in [3.8, 4) is 6.07 Å². The molecule has 0 spiro atoms. The van der Waals surface area contributed by atoms with Gasteiger partial charge >= 0.3 is 0 Å². The van der Waals surface area contributed by atoms with Crippen molar-refractivity contribution in [1.82, 2.24) is 25.0 Å². The Morgan fingerprint density at radius 2 is 2.02 bits per heavy atom. The predicted molar refractivity (Wildman–Crippen MR) is 147 cm³/mol. The molecular weight excluding hydrogens is 541 g/mol. The van der Waals surface area contributed by atoms with E-state index in [9.17, 15) is 18.4 Å². The van der Waals surface area contributed by atoms with Crippen molar-refractivity contribution >= 4 is 33.9 Å². The Labute approximate surface area is 234 Å². The SMILES string of the molecule is Cc1nc(F)ccc1C(Nc1cc(Cl)c2ncc(C#N)c(NCC(C)(C)C)c2c1)c1cn([C@@H]2C[C@H]2C(F)F)nn1. The van der Waals surface area contributed by atoms with E-state index < -0.39 is 30.4 Å². The molecular formula is C28H28ClF3N8. The molecule has 3 heterocycles. The quantitative estimate of drug-likeness (QED) is 0.228. The van der Waals surface area contributed by atoms with Crippen LogP contribution in [0.4, 0.5) is 24.5 Å². The van der Waals surface area contributed by atoms with E-state index in [1.165, 1.54) is 16.9 Å². The van der Waals surface area contributed by atoms with Crippen LogP contribution >= 0.6 is 11.6 Å². The molecule has 2 N–H and O–H groups in total. The molecule has 3 aromatic heterocycles. The Balaban J connectivity index is 1.57. The lowest BCUT2D eigenvalue weighted by atomic mass is 9.96. The maximum Gasteiger partial charge on any atom is 0.243 e. The smallest absolute Gasteiger partial charge is 0.243 e. The third-order valence-electron chi connectivity index (χ3n) is 6.85. The van der Waals surface area contributed by atoms with E-state index in [1.54, 1.807) is 25.3 Å². The van der Waals surface area contributed by atoms with Crippen LogP contribution in [0.3, 0.4) is 0 Å². The molecule has 0 saturated heterocycles. The molecule has 1 unspecified atom stereocenters. The highest BCUT2D eigenvalue weighted by atomic mass is 35.5. The van der Waals surface area contributed by atoms with Gasteiger partial charge < -0.3 is 10.6 Å². The average Bonchev–Trinajstić information content (AvgIpc) is 3.55. The Morgan fingerprint density at radius 3 is 2.67 bits per heavy atom. The Bertz CT molecular complexity index is 1610. The summed E-state index contributed by atoms with van der Waals surface area (Å²) in [4.78, 5) is 8.37. The Kier molecular flexibility index (Phi) is 7.31. The maximum absolute atomic E-state index is 13.9. The van der Waals surface area contributed by atoms with Crippen molar-refractivity contribution in [2.45, 2.75) is 52.6 Å². The zero-order valence-corrected chi connectivity index (χ0v) is 23.1. The number of rotatable bonds is 8. The van der Waals surface area contributed by atoms with Crippen LogP contribution in [0, 0.1) is 35.5 Å². The van der Waals surface area contributed by atoms with Gasteiger partial charge in [0.1, 0.15) is 11.8 Å². The van der Waals surface area contributed by atoms with Gasteiger partial charge in [0, 0.05) is 41.0 Å². The number of halogens is 4. The number of anilines is 2. The lowest BCUT2D eigenvalue weighted by Crippen LogP contribution is -2.20. The molecule has 40 heavy (non-hydrogen) atoms. The topological polar surface area (TPSA) is 104 Å². The minimum absolute atomic E-state index is 0.0586. The summed E-state index contributed by atoms with van der Waals surface area (Å²) in [5, 5.41) is 25.9. The van der Waals surface area contributed by atoms with Gasteiger partial charge in [-0.25, -0.2) is 18.4 Å².